The predicted octanol–water partition coefficient (Wildman–Crippen LogP) is 4.59. The number of hydrogen-bond donors (Lipinski definition) is 2. The first kappa shape index (κ1) is 20.3. The highest BCUT2D eigenvalue weighted by molar-refractivity contribution is 7.71. The third-order valence-electron chi connectivity index (χ3n) is 5.45. The van der Waals surface area contributed by atoms with Crippen molar-refractivity contribution in [3.05, 3.63) is 64.4 Å². The first-order valence-corrected chi connectivity index (χ1v) is 10.8. The topological polar surface area (TPSA) is 71.9 Å². The van der Waals surface area contributed by atoms with E-state index in [2.05, 4.69) is 33.7 Å². The maximum Gasteiger partial charge on any atom is 0.222 e. The number of aromatic nitrogens is 3. The summed E-state index contributed by atoms with van der Waals surface area (Å²) < 4.78 is 7.88. The zero-order chi connectivity index (χ0) is 20.9. The Balaban J connectivity index is 1.43. The number of H-pyrrole nitrogens is 1. The predicted molar refractivity (Wildman–Crippen MR) is 119 cm³/mol. The second kappa shape index (κ2) is 9.26. The van der Waals surface area contributed by atoms with Gasteiger partial charge in [0.15, 0.2) is 10.6 Å². The second-order valence-corrected chi connectivity index (χ2v) is 7.81. The molecule has 1 unspecified atom stereocenters. The highest BCUT2D eigenvalue weighted by Crippen LogP contribution is 2.29. The second-order valence-electron chi connectivity index (χ2n) is 7.42. The van der Waals surface area contributed by atoms with Crippen LogP contribution in [0.2, 0.25) is 0 Å². The molecule has 2 N–H and O–H groups in total. The number of fused-ring (bicyclic) bond motifs is 1. The number of ether oxygens (including phenoxy) is 1. The van der Waals surface area contributed by atoms with Crippen LogP contribution in [-0.2, 0) is 17.8 Å². The fourth-order valence-corrected chi connectivity index (χ4v) is 4.22. The number of benzene rings is 2. The number of nitrogens with zero attached hydrogens (tertiary/aromatic N) is 2. The lowest BCUT2D eigenvalue weighted by atomic mass is 9.88. The van der Waals surface area contributed by atoms with Gasteiger partial charge in [-0.2, -0.15) is 5.10 Å². The summed E-state index contributed by atoms with van der Waals surface area (Å²) in [5.41, 5.74) is 3.50. The molecule has 7 heteroatoms. The molecule has 0 spiro atoms. The van der Waals surface area contributed by atoms with Crippen LogP contribution in [0.25, 0.3) is 11.4 Å². The molecule has 3 aromatic rings. The van der Waals surface area contributed by atoms with Crippen molar-refractivity contribution in [1.29, 1.82) is 0 Å². The number of aryl methyl sites for hydroxylation is 1. The van der Waals surface area contributed by atoms with Gasteiger partial charge in [0.2, 0.25) is 5.91 Å². The molecular formula is C23H26N4O2S. The average Bonchev–Trinajstić information content (AvgIpc) is 3.14. The summed E-state index contributed by atoms with van der Waals surface area (Å²) >= 11 is 5.39. The summed E-state index contributed by atoms with van der Waals surface area (Å²) in [6.07, 6.45) is 3.50. The number of nitrogens with one attached hydrogen (secondary N) is 2. The Morgan fingerprint density at radius 2 is 2.07 bits per heavy atom. The first-order chi connectivity index (χ1) is 14.7. The lowest BCUT2D eigenvalue weighted by Crippen LogP contribution is -2.31. The fourth-order valence-electron chi connectivity index (χ4n) is 4.00. The van der Waals surface area contributed by atoms with Gasteiger partial charge in [-0.3, -0.25) is 14.5 Å². The van der Waals surface area contributed by atoms with E-state index < -0.39 is 0 Å². The van der Waals surface area contributed by atoms with Gasteiger partial charge >= 0.3 is 0 Å². The van der Waals surface area contributed by atoms with Gasteiger partial charge in [-0.05, 0) is 73.8 Å². The zero-order valence-electron chi connectivity index (χ0n) is 17.1. The Morgan fingerprint density at radius 3 is 2.87 bits per heavy atom. The Bertz CT molecular complexity index is 1070. The molecule has 1 heterocycles. The zero-order valence-corrected chi connectivity index (χ0v) is 17.9. The summed E-state index contributed by atoms with van der Waals surface area (Å²) in [4.78, 5) is 12.7. The van der Waals surface area contributed by atoms with Gasteiger partial charge in [0.1, 0.15) is 5.75 Å². The molecule has 0 aliphatic heterocycles. The summed E-state index contributed by atoms with van der Waals surface area (Å²) in [7, 11) is 0. The van der Waals surface area contributed by atoms with Gasteiger partial charge in [-0.15, -0.1) is 0 Å². The fraction of sp³-hybridized carbons (Fsp3) is 0.348. The summed E-state index contributed by atoms with van der Waals surface area (Å²) in [6, 6.07) is 16.2. The standard InChI is InChI=1S/C23H26N4O2S/c1-2-29-18-12-10-17(11-13-18)22-25-26-23(30)27(22)15-14-21(28)24-20-9-5-7-16-6-3-4-8-19(16)20/h3-4,6,8,10-13,20H,2,5,7,9,14-15H2,1H3,(H,24,28)(H,26,30). The molecule has 0 bridgehead atoms. The Morgan fingerprint density at radius 1 is 1.27 bits per heavy atom. The van der Waals surface area contributed by atoms with Crippen LogP contribution >= 0.6 is 12.2 Å². The van der Waals surface area contributed by atoms with E-state index in [0.29, 0.717) is 24.3 Å². The van der Waals surface area contributed by atoms with Gasteiger partial charge in [-0.25, -0.2) is 0 Å². The monoisotopic (exact) mass is 422 g/mol. The number of hydrogen-bond acceptors (Lipinski definition) is 4. The molecule has 1 aliphatic carbocycles. The van der Waals surface area contributed by atoms with Gasteiger partial charge in [0, 0.05) is 18.5 Å². The highest BCUT2D eigenvalue weighted by Gasteiger charge is 2.21. The van der Waals surface area contributed by atoms with Crippen molar-refractivity contribution >= 4 is 18.1 Å². The molecule has 0 saturated heterocycles. The molecule has 0 radical (unpaired) electrons. The summed E-state index contributed by atoms with van der Waals surface area (Å²) in [5.74, 6) is 1.56. The number of rotatable bonds is 7. The molecule has 0 fully saturated rings. The summed E-state index contributed by atoms with van der Waals surface area (Å²) in [6.45, 7) is 3.05. The van der Waals surface area contributed by atoms with E-state index in [9.17, 15) is 4.79 Å². The molecule has 1 atom stereocenters. The van der Waals surface area contributed by atoms with Crippen LogP contribution in [0.4, 0.5) is 0 Å². The van der Waals surface area contributed by atoms with Gasteiger partial charge in [0.05, 0.1) is 12.6 Å². The third-order valence-corrected chi connectivity index (χ3v) is 5.76. The lowest BCUT2D eigenvalue weighted by Gasteiger charge is -2.26. The van der Waals surface area contributed by atoms with Crippen molar-refractivity contribution in [3.8, 4) is 17.1 Å². The average molecular weight is 423 g/mol. The highest BCUT2D eigenvalue weighted by atomic mass is 32.1. The van der Waals surface area contributed by atoms with Gasteiger partial charge in [0.25, 0.3) is 0 Å². The van der Waals surface area contributed by atoms with Crippen LogP contribution < -0.4 is 10.1 Å². The first-order valence-electron chi connectivity index (χ1n) is 10.4. The minimum Gasteiger partial charge on any atom is -0.494 e. The van der Waals surface area contributed by atoms with Crippen molar-refractivity contribution in [2.45, 2.75) is 45.2 Å². The number of carbonyl (C=O) groups excluding carboxylic acids is 1. The molecular weight excluding hydrogens is 396 g/mol. The Hall–Kier alpha value is -2.93. The van der Waals surface area contributed by atoms with E-state index in [1.807, 2.05) is 41.8 Å². The van der Waals surface area contributed by atoms with E-state index in [-0.39, 0.29) is 11.9 Å². The maximum absolute atomic E-state index is 12.7. The molecule has 1 aromatic heterocycles. The molecule has 6 nitrogen and oxygen atoms in total. The summed E-state index contributed by atoms with van der Waals surface area (Å²) in [5, 5.41) is 10.4. The molecule has 4 rings (SSSR count). The van der Waals surface area contributed by atoms with Crippen LogP contribution in [-0.4, -0.2) is 27.3 Å². The van der Waals surface area contributed by atoms with Crippen LogP contribution in [0.3, 0.4) is 0 Å². The minimum atomic E-state index is 0.0254. The molecule has 2 aromatic carbocycles. The molecule has 0 saturated carbocycles. The largest absolute Gasteiger partial charge is 0.494 e. The van der Waals surface area contributed by atoms with E-state index in [1.165, 1.54) is 11.1 Å². The van der Waals surface area contributed by atoms with Crippen LogP contribution in [0, 0.1) is 4.77 Å². The van der Waals surface area contributed by atoms with Crippen molar-refractivity contribution in [3.63, 3.8) is 0 Å². The van der Waals surface area contributed by atoms with Gasteiger partial charge in [-0.1, -0.05) is 24.3 Å². The van der Waals surface area contributed by atoms with Gasteiger partial charge < -0.3 is 10.1 Å². The third kappa shape index (κ3) is 4.46. The molecule has 1 aliphatic rings. The SMILES string of the molecule is CCOc1ccc(-c2n[nH]c(=S)n2CCC(=O)NC2CCCc3ccccc32)cc1. The lowest BCUT2D eigenvalue weighted by molar-refractivity contribution is -0.122. The maximum atomic E-state index is 12.7. The molecule has 1 amide bonds. The smallest absolute Gasteiger partial charge is 0.222 e. The van der Waals surface area contributed by atoms with Crippen molar-refractivity contribution < 1.29 is 9.53 Å². The van der Waals surface area contributed by atoms with Crippen molar-refractivity contribution in [1.82, 2.24) is 20.1 Å². The minimum absolute atomic E-state index is 0.0254. The van der Waals surface area contributed by atoms with Crippen LogP contribution in [0.1, 0.15) is 43.4 Å². The van der Waals surface area contributed by atoms with Crippen molar-refractivity contribution in [2.24, 2.45) is 0 Å². The number of carbonyl (C=O) groups is 1. The Kier molecular flexibility index (Phi) is 6.28. The Labute approximate surface area is 181 Å². The molecule has 156 valence electrons. The van der Waals surface area contributed by atoms with Crippen LogP contribution in [0.15, 0.2) is 48.5 Å². The van der Waals surface area contributed by atoms with E-state index in [0.717, 1.165) is 36.4 Å². The quantitative estimate of drug-likeness (QED) is 0.546. The van der Waals surface area contributed by atoms with Crippen LogP contribution in [0.5, 0.6) is 5.75 Å². The van der Waals surface area contributed by atoms with E-state index in [1.54, 1.807) is 0 Å². The van der Waals surface area contributed by atoms with Crippen molar-refractivity contribution in [2.75, 3.05) is 6.61 Å². The number of aromatic amines is 1. The van der Waals surface area contributed by atoms with E-state index in [4.69, 9.17) is 17.0 Å². The van der Waals surface area contributed by atoms with E-state index >= 15 is 0 Å². The number of amides is 1. The normalized spacial score (nSPS) is 15.4. The molecule has 30 heavy (non-hydrogen) atoms.